The third-order valence-corrected chi connectivity index (χ3v) is 3.97. The molecule has 1 heterocycles. The Morgan fingerprint density at radius 2 is 2.17 bits per heavy atom. The topological polar surface area (TPSA) is 42.7 Å². The summed E-state index contributed by atoms with van der Waals surface area (Å²) in [5, 5.41) is 7.97. The Hall–Kier alpha value is -0.900. The average Bonchev–Trinajstić information content (AvgIpc) is 3.01. The normalized spacial score (nSPS) is 18.3. The number of hydrogen-bond donors (Lipinski definition) is 1. The van der Waals surface area contributed by atoms with Crippen LogP contribution in [0.3, 0.4) is 0 Å². The minimum absolute atomic E-state index is 0.581. The second-order valence-electron chi connectivity index (χ2n) is 5.31. The smallest absolute Gasteiger partial charge is 0.138 e. The van der Waals surface area contributed by atoms with Crippen molar-refractivity contribution in [1.29, 1.82) is 0 Å². The van der Waals surface area contributed by atoms with Gasteiger partial charge in [0.05, 0.1) is 0 Å². The van der Waals surface area contributed by atoms with Crippen molar-refractivity contribution in [2.24, 2.45) is 5.92 Å². The molecule has 1 aromatic heterocycles. The maximum absolute atomic E-state index is 4.44. The molecule has 0 aromatic carbocycles. The van der Waals surface area contributed by atoms with Gasteiger partial charge in [-0.25, -0.2) is 4.98 Å². The van der Waals surface area contributed by atoms with E-state index in [4.69, 9.17) is 0 Å². The van der Waals surface area contributed by atoms with Crippen LogP contribution in [0.1, 0.15) is 51.8 Å². The number of aryl methyl sites for hydroxylation is 1. The molecular formula is C14H26N4. The highest BCUT2D eigenvalue weighted by Gasteiger charge is 2.25. The van der Waals surface area contributed by atoms with Gasteiger partial charge in [-0.3, -0.25) is 4.68 Å². The molecule has 4 nitrogen and oxygen atoms in total. The summed E-state index contributed by atoms with van der Waals surface area (Å²) in [6, 6.07) is 0.581. The number of nitrogens with one attached hydrogen (secondary N) is 1. The Bertz CT molecular complexity index is 341. The van der Waals surface area contributed by atoms with Crippen LogP contribution in [0.2, 0.25) is 0 Å². The van der Waals surface area contributed by atoms with Crippen molar-refractivity contribution in [1.82, 2.24) is 20.1 Å². The molecule has 1 aliphatic rings. The first kappa shape index (κ1) is 13.5. The summed E-state index contributed by atoms with van der Waals surface area (Å²) in [7, 11) is 0. The van der Waals surface area contributed by atoms with E-state index in [1.54, 1.807) is 6.33 Å². The van der Waals surface area contributed by atoms with E-state index in [1.807, 2.05) is 0 Å². The first-order valence-corrected chi connectivity index (χ1v) is 7.45. The highest BCUT2D eigenvalue weighted by atomic mass is 15.3. The molecule has 4 heteroatoms. The minimum atomic E-state index is 0.581. The second-order valence-corrected chi connectivity index (χ2v) is 5.31. The van der Waals surface area contributed by atoms with Crippen molar-refractivity contribution in [3.63, 3.8) is 0 Å². The summed E-state index contributed by atoms with van der Waals surface area (Å²) in [6.07, 6.45) is 9.38. The molecular weight excluding hydrogens is 224 g/mol. The fourth-order valence-corrected chi connectivity index (χ4v) is 3.07. The number of aromatic nitrogens is 3. The number of nitrogens with zero attached hydrogens (tertiary/aromatic N) is 3. The van der Waals surface area contributed by atoms with Gasteiger partial charge < -0.3 is 5.32 Å². The lowest BCUT2D eigenvalue weighted by Gasteiger charge is -2.24. The van der Waals surface area contributed by atoms with E-state index in [0.29, 0.717) is 6.04 Å². The van der Waals surface area contributed by atoms with Crippen LogP contribution in [0.25, 0.3) is 0 Å². The second kappa shape index (κ2) is 6.88. The minimum Gasteiger partial charge on any atom is -0.314 e. The lowest BCUT2D eigenvalue weighted by atomic mass is 9.95. The quantitative estimate of drug-likeness (QED) is 0.808. The molecule has 2 rings (SSSR count). The van der Waals surface area contributed by atoms with E-state index < -0.39 is 0 Å². The predicted octanol–water partition coefficient (Wildman–Crippen LogP) is 2.40. The van der Waals surface area contributed by atoms with E-state index in [-0.39, 0.29) is 0 Å². The Labute approximate surface area is 110 Å². The molecule has 102 valence electrons. The van der Waals surface area contributed by atoms with Gasteiger partial charge in [0.2, 0.25) is 0 Å². The van der Waals surface area contributed by atoms with Gasteiger partial charge >= 0.3 is 0 Å². The summed E-state index contributed by atoms with van der Waals surface area (Å²) >= 11 is 0. The molecule has 1 saturated carbocycles. The molecule has 0 amide bonds. The molecule has 0 radical (unpaired) electrons. The zero-order chi connectivity index (χ0) is 12.8. The van der Waals surface area contributed by atoms with Crippen molar-refractivity contribution < 1.29 is 0 Å². The van der Waals surface area contributed by atoms with Gasteiger partial charge in [-0.2, -0.15) is 5.10 Å². The highest BCUT2D eigenvalue weighted by molar-refractivity contribution is 4.93. The predicted molar refractivity (Wildman–Crippen MR) is 73.4 cm³/mol. The summed E-state index contributed by atoms with van der Waals surface area (Å²) in [4.78, 5) is 4.44. The number of hydrogen-bond acceptors (Lipinski definition) is 3. The lowest BCUT2D eigenvalue weighted by molar-refractivity contribution is 0.351. The summed E-state index contributed by atoms with van der Waals surface area (Å²) in [6.45, 7) is 6.41. The van der Waals surface area contributed by atoms with Gasteiger partial charge in [0, 0.05) is 19.0 Å². The zero-order valence-corrected chi connectivity index (χ0v) is 11.7. The average molecular weight is 250 g/mol. The van der Waals surface area contributed by atoms with Crippen LogP contribution in [-0.4, -0.2) is 27.4 Å². The monoisotopic (exact) mass is 250 g/mol. The third-order valence-electron chi connectivity index (χ3n) is 3.97. The highest BCUT2D eigenvalue weighted by Crippen LogP contribution is 2.29. The lowest BCUT2D eigenvalue weighted by Crippen LogP contribution is -2.37. The Morgan fingerprint density at radius 1 is 1.39 bits per heavy atom. The maximum Gasteiger partial charge on any atom is 0.138 e. The first-order valence-electron chi connectivity index (χ1n) is 7.45. The molecule has 1 aliphatic carbocycles. The summed E-state index contributed by atoms with van der Waals surface area (Å²) < 4.78 is 2.07. The van der Waals surface area contributed by atoms with Crippen LogP contribution in [0.15, 0.2) is 6.33 Å². The largest absolute Gasteiger partial charge is 0.314 e. The van der Waals surface area contributed by atoms with Crippen LogP contribution in [0.5, 0.6) is 0 Å². The summed E-state index contributed by atoms with van der Waals surface area (Å²) in [5.74, 6) is 1.98. The van der Waals surface area contributed by atoms with E-state index in [1.165, 1.54) is 25.7 Å². The molecule has 0 spiro atoms. The summed E-state index contributed by atoms with van der Waals surface area (Å²) in [5.41, 5.74) is 0. The fraction of sp³-hybridized carbons (Fsp3) is 0.857. The molecule has 1 unspecified atom stereocenters. The number of rotatable bonds is 7. The standard InChI is InChI=1S/C14H26N4/c1-3-9-18-14(16-11-17-18)10-13(15-4-2)12-7-5-6-8-12/h11-13,15H,3-10H2,1-2H3. The van der Waals surface area contributed by atoms with Crippen molar-refractivity contribution in [2.75, 3.05) is 6.54 Å². The molecule has 1 N–H and O–H groups in total. The van der Waals surface area contributed by atoms with Crippen LogP contribution in [-0.2, 0) is 13.0 Å². The van der Waals surface area contributed by atoms with Crippen molar-refractivity contribution in [2.45, 2.75) is 65.0 Å². The maximum atomic E-state index is 4.44. The molecule has 0 bridgehead atoms. The Morgan fingerprint density at radius 3 is 2.83 bits per heavy atom. The Kier molecular flexibility index (Phi) is 5.17. The van der Waals surface area contributed by atoms with Crippen molar-refractivity contribution >= 4 is 0 Å². The van der Waals surface area contributed by atoms with Crippen LogP contribution in [0.4, 0.5) is 0 Å². The van der Waals surface area contributed by atoms with E-state index in [0.717, 1.165) is 37.7 Å². The van der Waals surface area contributed by atoms with E-state index >= 15 is 0 Å². The molecule has 1 atom stereocenters. The fourth-order valence-electron chi connectivity index (χ4n) is 3.07. The van der Waals surface area contributed by atoms with Crippen molar-refractivity contribution in [3.05, 3.63) is 12.2 Å². The van der Waals surface area contributed by atoms with Crippen LogP contribution >= 0.6 is 0 Å². The van der Waals surface area contributed by atoms with Gasteiger partial charge in [-0.05, 0) is 31.7 Å². The van der Waals surface area contributed by atoms with Gasteiger partial charge in [0.1, 0.15) is 12.2 Å². The SMILES string of the molecule is CCCn1ncnc1CC(NCC)C1CCCC1. The van der Waals surface area contributed by atoms with Crippen molar-refractivity contribution in [3.8, 4) is 0 Å². The van der Waals surface area contributed by atoms with Crippen LogP contribution < -0.4 is 5.32 Å². The molecule has 1 aromatic rings. The number of likely N-dealkylation sites (N-methyl/N-ethyl adjacent to an activating group) is 1. The van der Waals surface area contributed by atoms with Gasteiger partial charge in [-0.1, -0.05) is 26.7 Å². The van der Waals surface area contributed by atoms with E-state index in [9.17, 15) is 0 Å². The Balaban J connectivity index is 2.00. The zero-order valence-electron chi connectivity index (χ0n) is 11.7. The van der Waals surface area contributed by atoms with Gasteiger partial charge in [0.15, 0.2) is 0 Å². The third kappa shape index (κ3) is 3.31. The molecule has 0 saturated heterocycles. The first-order chi connectivity index (χ1) is 8.85. The van der Waals surface area contributed by atoms with E-state index in [2.05, 4.69) is 33.9 Å². The molecule has 18 heavy (non-hydrogen) atoms. The van der Waals surface area contributed by atoms with Gasteiger partial charge in [0.25, 0.3) is 0 Å². The van der Waals surface area contributed by atoms with Gasteiger partial charge in [-0.15, -0.1) is 0 Å². The van der Waals surface area contributed by atoms with Crippen LogP contribution in [0, 0.1) is 5.92 Å². The molecule has 0 aliphatic heterocycles. The molecule has 1 fully saturated rings.